The van der Waals surface area contributed by atoms with Crippen molar-refractivity contribution in [1.82, 2.24) is 4.98 Å². The summed E-state index contributed by atoms with van der Waals surface area (Å²) in [6.07, 6.45) is 1.60. The summed E-state index contributed by atoms with van der Waals surface area (Å²) in [4.78, 5) is 27.6. The van der Waals surface area contributed by atoms with Crippen LogP contribution in [-0.4, -0.2) is 23.0 Å². The Morgan fingerprint density at radius 1 is 1.26 bits per heavy atom. The van der Waals surface area contributed by atoms with Gasteiger partial charge in [-0.1, -0.05) is 0 Å². The van der Waals surface area contributed by atoms with Crippen LogP contribution in [-0.2, 0) is 9.53 Å². The van der Waals surface area contributed by atoms with E-state index >= 15 is 0 Å². The van der Waals surface area contributed by atoms with E-state index in [4.69, 9.17) is 4.74 Å². The van der Waals surface area contributed by atoms with E-state index in [2.05, 4.69) is 26.2 Å². The van der Waals surface area contributed by atoms with Gasteiger partial charge in [-0.3, -0.25) is 9.78 Å². The molecule has 1 unspecified atom stereocenters. The van der Waals surface area contributed by atoms with Crippen molar-refractivity contribution in [2.75, 3.05) is 5.32 Å². The number of halogens is 3. The molecule has 0 spiro atoms. The molecule has 0 aliphatic heterocycles. The Morgan fingerprint density at radius 2 is 2.00 bits per heavy atom. The summed E-state index contributed by atoms with van der Waals surface area (Å²) in [6, 6.07) is 4.21. The Kier molecular flexibility index (Phi) is 5.38. The zero-order valence-electron chi connectivity index (χ0n) is 11.8. The molecule has 8 heteroatoms. The van der Waals surface area contributed by atoms with Crippen molar-refractivity contribution >= 4 is 33.5 Å². The first-order chi connectivity index (χ1) is 10.9. The predicted octanol–water partition coefficient (Wildman–Crippen LogP) is 3.31. The number of esters is 1. The summed E-state index contributed by atoms with van der Waals surface area (Å²) < 4.78 is 31.8. The van der Waals surface area contributed by atoms with E-state index in [1.54, 1.807) is 0 Å². The quantitative estimate of drug-likeness (QED) is 0.821. The number of ether oxygens (including phenoxy) is 1. The van der Waals surface area contributed by atoms with Gasteiger partial charge in [0.25, 0.3) is 5.91 Å². The number of benzene rings is 1. The molecule has 1 aromatic carbocycles. The zero-order chi connectivity index (χ0) is 17.0. The summed E-state index contributed by atoms with van der Waals surface area (Å²) in [5.74, 6) is -3.18. The van der Waals surface area contributed by atoms with Crippen LogP contribution in [0, 0.1) is 11.6 Å². The molecular weight excluding hydrogens is 374 g/mol. The van der Waals surface area contributed by atoms with Crippen molar-refractivity contribution in [1.29, 1.82) is 0 Å². The van der Waals surface area contributed by atoms with Crippen molar-refractivity contribution in [3.8, 4) is 0 Å². The third-order valence-electron chi connectivity index (χ3n) is 2.78. The van der Waals surface area contributed by atoms with E-state index in [9.17, 15) is 18.4 Å². The Hall–Kier alpha value is -2.35. The maximum absolute atomic E-state index is 13.5. The fraction of sp³-hybridized carbons (Fsp3) is 0.133. The van der Waals surface area contributed by atoms with Crippen LogP contribution in [0.3, 0.4) is 0 Å². The van der Waals surface area contributed by atoms with Gasteiger partial charge in [-0.05, 0) is 41.1 Å². The van der Waals surface area contributed by atoms with Crippen molar-refractivity contribution < 1.29 is 23.1 Å². The largest absolute Gasteiger partial charge is 0.449 e. The maximum Gasteiger partial charge on any atom is 0.340 e. The number of pyridine rings is 1. The molecule has 5 nitrogen and oxygen atoms in total. The summed E-state index contributed by atoms with van der Waals surface area (Å²) in [5.41, 5.74) is -0.0459. The minimum absolute atomic E-state index is 0.159. The molecule has 1 amide bonds. The van der Waals surface area contributed by atoms with Crippen molar-refractivity contribution in [3.05, 3.63) is 58.3 Å². The van der Waals surface area contributed by atoms with Gasteiger partial charge in [0.2, 0.25) is 0 Å². The number of nitrogens with one attached hydrogen (secondary N) is 1. The molecule has 1 aromatic heterocycles. The molecule has 0 aliphatic rings. The lowest BCUT2D eigenvalue weighted by Gasteiger charge is -2.14. The van der Waals surface area contributed by atoms with Crippen molar-refractivity contribution in [2.24, 2.45) is 0 Å². The van der Waals surface area contributed by atoms with E-state index in [-0.39, 0.29) is 11.3 Å². The highest BCUT2D eigenvalue weighted by atomic mass is 79.9. The number of carbonyl (C=O) groups excluding carboxylic acids is 2. The molecule has 2 aromatic rings. The predicted molar refractivity (Wildman–Crippen MR) is 81.8 cm³/mol. The van der Waals surface area contributed by atoms with Crippen LogP contribution in [0.15, 0.2) is 41.1 Å². The summed E-state index contributed by atoms with van der Waals surface area (Å²) >= 11 is 3.16. The minimum atomic E-state index is -1.18. The Bertz CT molecular complexity index is 755. The van der Waals surface area contributed by atoms with Gasteiger partial charge in [0.1, 0.15) is 11.6 Å². The van der Waals surface area contributed by atoms with E-state index in [1.165, 1.54) is 25.4 Å². The number of carbonyl (C=O) groups is 2. The third kappa shape index (κ3) is 4.56. The number of nitrogens with zero attached hydrogens (tertiary/aromatic N) is 1. The van der Waals surface area contributed by atoms with Gasteiger partial charge in [-0.15, -0.1) is 0 Å². The molecule has 1 heterocycles. The van der Waals surface area contributed by atoms with E-state index in [0.717, 1.165) is 12.1 Å². The minimum Gasteiger partial charge on any atom is -0.449 e. The molecule has 0 fully saturated rings. The van der Waals surface area contributed by atoms with Gasteiger partial charge in [-0.2, -0.15) is 0 Å². The number of hydrogen-bond acceptors (Lipinski definition) is 4. The second-order valence-electron chi connectivity index (χ2n) is 4.55. The Balaban J connectivity index is 2.01. The lowest BCUT2D eigenvalue weighted by molar-refractivity contribution is -0.123. The number of anilines is 1. The van der Waals surface area contributed by atoms with E-state index in [0.29, 0.717) is 10.5 Å². The summed E-state index contributed by atoms with van der Waals surface area (Å²) in [5, 5.41) is 2.22. The second-order valence-corrected chi connectivity index (χ2v) is 5.47. The van der Waals surface area contributed by atoms with Crippen LogP contribution in [0.5, 0.6) is 0 Å². The number of amides is 1. The molecular formula is C15H11BrF2N2O3. The molecule has 0 saturated heterocycles. The van der Waals surface area contributed by atoms with Crippen LogP contribution in [0.2, 0.25) is 0 Å². The smallest absolute Gasteiger partial charge is 0.340 e. The van der Waals surface area contributed by atoms with Crippen LogP contribution < -0.4 is 5.32 Å². The maximum atomic E-state index is 13.5. The first-order valence-corrected chi connectivity index (χ1v) is 7.23. The van der Waals surface area contributed by atoms with Crippen molar-refractivity contribution in [3.63, 3.8) is 0 Å². The standard InChI is InChI=1S/C15H11BrF2N2O3/c1-8(23-15(22)9-4-10(16)7-19-6-9)14(21)20-13-3-2-11(17)5-12(13)18/h2-8H,1H3,(H,20,21). The van der Waals surface area contributed by atoms with Gasteiger partial charge in [-0.25, -0.2) is 13.6 Å². The Morgan fingerprint density at radius 3 is 2.65 bits per heavy atom. The van der Waals surface area contributed by atoms with Crippen molar-refractivity contribution in [2.45, 2.75) is 13.0 Å². The summed E-state index contributed by atoms with van der Waals surface area (Å²) in [6.45, 7) is 1.33. The fourth-order valence-electron chi connectivity index (χ4n) is 1.63. The van der Waals surface area contributed by atoms with Crippen LogP contribution in [0.25, 0.3) is 0 Å². The van der Waals surface area contributed by atoms with Gasteiger partial charge in [0.15, 0.2) is 6.10 Å². The molecule has 0 radical (unpaired) electrons. The highest BCUT2D eigenvalue weighted by Gasteiger charge is 2.20. The molecule has 1 N–H and O–H groups in total. The number of rotatable bonds is 4. The Labute approximate surface area is 138 Å². The molecule has 0 saturated carbocycles. The third-order valence-corrected chi connectivity index (χ3v) is 3.22. The van der Waals surface area contributed by atoms with E-state index < -0.39 is 29.6 Å². The normalized spacial score (nSPS) is 11.7. The average molecular weight is 385 g/mol. The van der Waals surface area contributed by atoms with Gasteiger partial charge in [0, 0.05) is 22.9 Å². The number of aromatic nitrogens is 1. The van der Waals surface area contributed by atoms with Gasteiger partial charge >= 0.3 is 5.97 Å². The molecule has 2 rings (SSSR count). The first-order valence-electron chi connectivity index (χ1n) is 6.44. The average Bonchev–Trinajstić information content (AvgIpc) is 2.49. The zero-order valence-corrected chi connectivity index (χ0v) is 13.4. The van der Waals surface area contributed by atoms with Crippen LogP contribution in [0.1, 0.15) is 17.3 Å². The summed E-state index contributed by atoms with van der Waals surface area (Å²) in [7, 11) is 0. The monoisotopic (exact) mass is 384 g/mol. The lowest BCUT2D eigenvalue weighted by Crippen LogP contribution is -2.30. The molecule has 0 bridgehead atoms. The molecule has 1 atom stereocenters. The van der Waals surface area contributed by atoms with Crippen LogP contribution >= 0.6 is 15.9 Å². The highest BCUT2D eigenvalue weighted by molar-refractivity contribution is 9.10. The fourth-order valence-corrected chi connectivity index (χ4v) is 2.00. The van der Waals surface area contributed by atoms with Crippen LogP contribution in [0.4, 0.5) is 14.5 Å². The number of hydrogen-bond donors (Lipinski definition) is 1. The highest BCUT2D eigenvalue weighted by Crippen LogP contribution is 2.16. The molecule has 23 heavy (non-hydrogen) atoms. The SMILES string of the molecule is CC(OC(=O)c1cncc(Br)c1)C(=O)Nc1ccc(F)cc1F. The molecule has 120 valence electrons. The van der Waals surface area contributed by atoms with E-state index in [1.807, 2.05) is 0 Å². The first kappa shape index (κ1) is 17.0. The molecule has 0 aliphatic carbocycles. The second kappa shape index (κ2) is 7.28. The topological polar surface area (TPSA) is 68.3 Å². The van der Waals surface area contributed by atoms with Gasteiger partial charge < -0.3 is 10.1 Å². The van der Waals surface area contributed by atoms with Gasteiger partial charge in [0.05, 0.1) is 11.3 Å². The lowest BCUT2D eigenvalue weighted by atomic mass is 10.2.